The summed E-state index contributed by atoms with van der Waals surface area (Å²) in [5.74, 6) is 0.701. The molecule has 1 heterocycles. The van der Waals surface area contributed by atoms with Crippen LogP contribution in [0.5, 0.6) is 5.75 Å². The second-order valence-corrected chi connectivity index (χ2v) is 5.71. The van der Waals surface area contributed by atoms with Crippen molar-refractivity contribution in [2.45, 2.75) is 26.0 Å². The fourth-order valence-corrected chi connectivity index (χ4v) is 2.27. The molecule has 0 saturated heterocycles. The van der Waals surface area contributed by atoms with E-state index in [0.717, 1.165) is 17.0 Å². The second kappa shape index (κ2) is 9.28. The highest BCUT2D eigenvalue weighted by Gasteiger charge is 2.16. The molecule has 1 unspecified atom stereocenters. The first-order valence-corrected chi connectivity index (χ1v) is 8.10. The number of amides is 1. The molecule has 0 aliphatic rings. The van der Waals surface area contributed by atoms with Gasteiger partial charge in [-0.3, -0.25) is 9.78 Å². The maximum Gasteiger partial charge on any atom is 0.244 e. The van der Waals surface area contributed by atoms with Crippen molar-refractivity contribution in [1.29, 1.82) is 5.26 Å². The number of nitrogens with one attached hydrogen (secondary N) is 1. The highest BCUT2D eigenvalue weighted by Crippen LogP contribution is 2.18. The smallest absolute Gasteiger partial charge is 0.244 e. The van der Waals surface area contributed by atoms with Gasteiger partial charge in [0, 0.05) is 37.2 Å². The molecule has 0 aliphatic carbocycles. The van der Waals surface area contributed by atoms with Crippen LogP contribution in [-0.4, -0.2) is 35.4 Å². The van der Waals surface area contributed by atoms with Crippen LogP contribution in [0.2, 0.25) is 0 Å². The Balaban J connectivity index is 1.85. The van der Waals surface area contributed by atoms with Crippen molar-refractivity contribution in [3.8, 4) is 11.8 Å². The maximum absolute atomic E-state index is 12.2. The summed E-state index contributed by atoms with van der Waals surface area (Å²) >= 11 is 0. The van der Waals surface area contributed by atoms with Crippen LogP contribution in [0, 0.1) is 11.3 Å². The van der Waals surface area contributed by atoms with Crippen molar-refractivity contribution in [2.75, 3.05) is 18.9 Å². The Kier molecular flexibility index (Phi) is 6.78. The molecule has 1 aromatic carbocycles. The number of pyridine rings is 1. The van der Waals surface area contributed by atoms with E-state index in [9.17, 15) is 4.79 Å². The lowest BCUT2D eigenvalue weighted by Gasteiger charge is -2.22. The fraction of sp³-hybridized carbons (Fsp3) is 0.316. The van der Waals surface area contributed by atoms with Gasteiger partial charge in [-0.1, -0.05) is 6.07 Å². The van der Waals surface area contributed by atoms with Crippen LogP contribution in [0.1, 0.15) is 18.9 Å². The number of carbonyl (C=O) groups is 1. The van der Waals surface area contributed by atoms with Gasteiger partial charge in [-0.2, -0.15) is 5.26 Å². The van der Waals surface area contributed by atoms with E-state index in [4.69, 9.17) is 10.00 Å². The quantitative estimate of drug-likeness (QED) is 0.801. The van der Waals surface area contributed by atoms with Crippen LogP contribution in [0.4, 0.5) is 5.69 Å². The molecule has 1 amide bonds. The highest BCUT2D eigenvalue weighted by molar-refractivity contribution is 5.84. The molecule has 1 aromatic heterocycles. The van der Waals surface area contributed by atoms with E-state index in [1.54, 1.807) is 31.3 Å². The normalized spacial score (nSPS) is 11.2. The summed E-state index contributed by atoms with van der Waals surface area (Å²) in [6.07, 6.45) is 3.83. The van der Waals surface area contributed by atoms with E-state index < -0.39 is 0 Å². The van der Waals surface area contributed by atoms with Crippen molar-refractivity contribution >= 4 is 11.6 Å². The molecular weight excluding hydrogens is 316 g/mol. The summed E-state index contributed by atoms with van der Waals surface area (Å²) in [6.45, 7) is 2.69. The molecule has 0 spiro atoms. The molecular formula is C19H22N4O2. The number of benzene rings is 1. The average Bonchev–Trinajstić information content (AvgIpc) is 2.65. The van der Waals surface area contributed by atoms with Crippen LogP contribution in [0.25, 0.3) is 0 Å². The number of nitriles is 1. The zero-order valence-electron chi connectivity index (χ0n) is 14.5. The molecule has 6 heteroatoms. The van der Waals surface area contributed by atoms with Gasteiger partial charge in [0.15, 0.2) is 0 Å². The summed E-state index contributed by atoms with van der Waals surface area (Å²) in [7, 11) is 1.70. The first kappa shape index (κ1) is 18.3. The van der Waals surface area contributed by atoms with Gasteiger partial charge >= 0.3 is 0 Å². The number of rotatable bonds is 8. The van der Waals surface area contributed by atoms with Crippen LogP contribution >= 0.6 is 0 Å². The monoisotopic (exact) mass is 338 g/mol. The molecule has 25 heavy (non-hydrogen) atoms. The Morgan fingerprint density at radius 3 is 2.76 bits per heavy atom. The summed E-state index contributed by atoms with van der Waals surface area (Å²) in [4.78, 5) is 17.8. The van der Waals surface area contributed by atoms with Crippen LogP contribution < -0.4 is 10.1 Å². The topological polar surface area (TPSA) is 78.2 Å². The molecule has 0 bridgehead atoms. The lowest BCUT2D eigenvalue weighted by atomic mass is 10.2. The summed E-state index contributed by atoms with van der Waals surface area (Å²) < 4.78 is 5.71. The number of hydrogen-bond acceptors (Lipinski definition) is 5. The third kappa shape index (κ3) is 5.81. The zero-order chi connectivity index (χ0) is 18.1. The average molecular weight is 338 g/mol. The van der Waals surface area contributed by atoms with E-state index >= 15 is 0 Å². The van der Waals surface area contributed by atoms with Crippen LogP contribution in [0.3, 0.4) is 0 Å². The van der Waals surface area contributed by atoms with Gasteiger partial charge in [0.25, 0.3) is 0 Å². The largest absolute Gasteiger partial charge is 0.489 e. The van der Waals surface area contributed by atoms with Crippen molar-refractivity contribution in [2.24, 2.45) is 0 Å². The Hall–Kier alpha value is -3.07. The lowest BCUT2D eigenvalue weighted by molar-refractivity contribution is -0.130. The number of likely N-dealkylation sites (N-methyl/N-ethyl adjacent to an activating group) is 1. The number of hydrogen-bond donors (Lipinski definition) is 1. The van der Waals surface area contributed by atoms with Crippen molar-refractivity contribution < 1.29 is 9.53 Å². The van der Waals surface area contributed by atoms with Gasteiger partial charge in [0.1, 0.15) is 18.4 Å². The van der Waals surface area contributed by atoms with Crippen LogP contribution in [-0.2, 0) is 11.4 Å². The molecule has 1 atom stereocenters. The Morgan fingerprint density at radius 2 is 2.12 bits per heavy atom. The molecule has 0 fully saturated rings. The van der Waals surface area contributed by atoms with Gasteiger partial charge in [-0.15, -0.1) is 0 Å². The number of ether oxygens (including phenoxy) is 1. The molecule has 0 radical (unpaired) electrons. The predicted octanol–water partition coefficient (Wildman–Crippen LogP) is 2.83. The lowest BCUT2D eigenvalue weighted by Crippen LogP contribution is -2.39. The Morgan fingerprint density at radius 1 is 1.36 bits per heavy atom. The summed E-state index contributed by atoms with van der Waals surface area (Å²) in [5, 5.41) is 11.8. The van der Waals surface area contributed by atoms with Gasteiger partial charge < -0.3 is 15.0 Å². The zero-order valence-corrected chi connectivity index (χ0v) is 14.5. The third-order valence-electron chi connectivity index (χ3n) is 3.67. The fourth-order valence-electron chi connectivity index (χ4n) is 2.27. The van der Waals surface area contributed by atoms with E-state index in [1.807, 2.05) is 42.5 Å². The summed E-state index contributed by atoms with van der Waals surface area (Å²) in [6, 6.07) is 13.0. The Labute approximate surface area is 148 Å². The van der Waals surface area contributed by atoms with Gasteiger partial charge in [-0.05, 0) is 37.3 Å². The number of aromatic nitrogens is 1. The first-order chi connectivity index (χ1) is 12.1. The first-order valence-electron chi connectivity index (χ1n) is 8.10. The van der Waals surface area contributed by atoms with Gasteiger partial charge in [0.05, 0.1) is 12.5 Å². The van der Waals surface area contributed by atoms with Gasteiger partial charge in [-0.25, -0.2) is 0 Å². The minimum atomic E-state index is -0.370. The third-order valence-corrected chi connectivity index (χ3v) is 3.67. The SMILES string of the molecule is CC(Nc1ccc(OCc2cccnc2)cc1)C(=O)N(C)CCC#N. The maximum atomic E-state index is 12.2. The van der Waals surface area contributed by atoms with E-state index in [0.29, 0.717) is 19.6 Å². The van der Waals surface area contributed by atoms with Crippen molar-refractivity contribution in [1.82, 2.24) is 9.88 Å². The molecule has 0 aliphatic heterocycles. The van der Waals surface area contributed by atoms with E-state index in [1.165, 1.54) is 0 Å². The Bertz CT molecular complexity index is 710. The van der Waals surface area contributed by atoms with Crippen molar-refractivity contribution in [3.05, 3.63) is 54.4 Å². The molecule has 6 nitrogen and oxygen atoms in total. The van der Waals surface area contributed by atoms with E-state index in [-0.39, 0.29) is 11.9 Å². The highest BCUT2D eigenvalue weighted by atomic mass is 16.5. The van der Waals surface area contributed by atoms with Crippen LogP contribution in [0.15, 0.2) is 48.8 Å². The molecule has 130 valence electrons. The minimum absolute atomic E-state index is 0.0489. The minimum Gasteiger partial charge on any atom is -0.489 e. The molecule has 2 aromatic rings. The summed E-state index contributed by atoms with van der Waals surface area (Å²) in [5.41, 5.74) is 1.84. The van der Waals surface area contributed by atoms with Crippen molar-refractivity contribution in [3.63, 3.8) is 0 Å². The molecule has 2 rings (SSSR count). The second-order valence-electron chi connectivity index (χ2n) is 5.71. The standard InChI is InChI=1S/C19H22N4O2/c1-15(19(24)23(2)12-4-10-20)22-17-6-8-18(9-7-17)25-14-16-5-3-11-21-13-16/h3,5-9,11,13,15,22H,4,12,14H2,1-2H3. The molecule has 1 N–H and O–H groups in total. The number of nitrogens with zero attached hydrogens (tertiary/aromatic N) is 3. The number of anilines is 1. The van der Waals surface area contributed by atoms with E-state index in [2.05, 4.69) is 10.3 Å². The van der Waals surface area contributed by atoms with Gasteiger partial charge in [0.2, 0.25) is 5.91 Å². The molecule has 0 saturated carbocycles. The predicted molar refractivity (Wildman–Crippen MR) is 96.0 cm³/mol. The number of carbonyl (C=O) groups excluding carboxylic acids is 1.